The lowest BCUT2D eigenvalue weighted by Crippen LogP contribution is -2.35. The van der Waals surface area contributed by atoms with Gasteiger partial charge >= 0.3 is 0 Å². The Hall–Kier alpha value is -3.35. The van der Waals surface area contributed by atoms with Crippen LogP contribution >= 0.6 is 11.6 Å². The van der Waals surface area contributed by atoms with Gasteiger partial charge in [-0.25, -0.2) is 10.4 Å². The highest BCUT2D eigenvalue weighted by molar-refractivity contribution is 6.30. The van der Waals surface area contributed by atoms with E-state index in [1.165, 1.54) is 0 Å². The van der Waals surface area contributed by atoms with Crippen LogP contribution in [0, 0.1) is 5.92 Å². The highest BCUT2D eigenvalue weighted by Crippen LogP contribution is 2.40. The van der Waals surface area contributed by atoms with Crippen molar-refractivity contribution in [3.05, 3.63) is 94.5 Å². The molecule has 156 valence electrons. The van der Waals surface area contributed by atoms with Gasteiger partial charge in [-0.1, -0.05) is 41.9 Å². The summed E-state index contributed by atoms with van der Waals surface area (Å²) in [6.45, 7) is 0.995. The number of nitrogens with zero attached hydrogens (tertiary/aromatic N) is 1. The summed E-state index contributed by atoms with van der Waals surface area (Å²) in [6, 6.07) is 22.3. The van der Waals surface area contributed by atoms with E-state index in [2.05, 4.69) is 16.1 Å². The first-order valence-electron chi connectivity index (χ1n) is 10.2. The van der Waals surface area contributed by atoms with Gasteiger partial charge in [0.2, 0.25) is 5.91 Å². The van der Waals surface area contributed by atoms with Crippen molar-refractivity contribution in [3.63, 3.8) is 0 Å². The van der Waals surface area contributed by atoms with Crippen LogP contribution in [-0.4, -0.2) is 18.4 Å². The molecular formula is C24H21ClN4O2. The lowest BCUT2D eigenvalue weighted by molar-refractivity contribution is -0.120. The van der Waals surface area contributed by atoms with Gasteiger partial charge in [-0.2, -0.15) is 0 Å². The number of amides is 2. The Morgan fingerprint density at radius 1 is 1.06 bits per heavy atom. The molecule has 2 atom stereocenters. The summed E-state index contributed by atoms with van der Waals surface area (Å²) in [5.41, 5.74) is 7.51. The average molecular weight is 433 g/mol. The van der Waals surface area contributed by atoms with Crippen LogP contribution in [0.3, 0.4) is 0 Å². The fourth-order valence-corrected chi connectivity index (χ4v) is 4.23. The number of rotatable bonds is 4. The Kier molecular flexibility index (Phi) is 5.10. The van der Waals surface area contributed by atoms with Crippen LogP contribution in [0.25, 0.3) is 0 Å². The van der Waals surface area contributed by atoms with Crippen molar-refractivity contribution in [2.24, 2.45) is 5.92 Å². The number of hydrogen-bond donors (Lipinski definition) is 3. The smallest absolute Gasteiger partial charge is 0.251 e. The molecule has 1 saturated heterocycles. The van der Waals surface area contributed by atoms with Crippen molar-refractivity contribution in [2.75, 3.05) is 16.9 Å². The fourth-order valence-electron chi connectivity index (χ4n) is 4.11. The molecule has 2 aliphatic rings. The Bertz CT molecular complexity index is 1130. The molecule has 31 heavy (non-hydrogen) atoms. The molecular weight excluding hydrogens is 412 g/mol. The third kappa shape index (κ3) is 3.76. The zero-order valence-electron chi connectivity index (χ0n) is 16.6. The van der Waals surface area contributed by atoms with Crippen LogP contribution in [0.2, 0.25) is 5.02 Å². The summed E-state index contributed by atoms with van der Waals surface area (Å²) in [5.74, 6) is -0.414. The second kappa shape index (κ2) is 8.06. The molecule has 2 unspecified atom stereocenters. The molecule has 3 N–H and O–H groups in total. The quantitative estimate of drug-likeness (QED) is 0.584. The van der Waals surface area contributed by atoms with Crippen molar-refractivity contribution in [1.82, 2.24) is 10.7 Å². The number of nitrogens with one attached hydrogen (secondary N) is 3. The van der Waals surface area contributed by atoms with Crippen molar-refractivity contribution in [3.8, 4) is 0 Å². The van der Waals surface area contributed by atoms with E-state index in [1.807, 2.05) is 54.6 Å². The number of fused-ring (bicyclic) bond motifs is 3. The predicted molar refractivity (Wildman–Crippen MR) is 121 cm³/mol. The van der Waals surface area contributed by atoms with Crippen LogP contribution in [0.1, 0.15) is 27.5 Å². The molecule has 0 aliphatic carbocycles. The predicted octanol–water partition coefficient (Wildman–Crippen LogP) is 3.90. The van der Waals surface area contributed by atoms with Crippen LogP contribution < -0.4 is 21.1 Å². The monoisotopic (exact) mass is 432 g/mol. The lowest BCUT2D eigenvalue weighted by atomic mass is 9.88. The molecule has 6 nitrogen and oxygen atoms in total. The molecule has 0 radical (unpaired) electrons. The van der Waals surface area contributed by atoms with Gasteiger partial charge in [0.05, 0.1) is 17.6 Å². The third-order valence-electron chi connectivity index (χ3n) is 5.75. The normalized spacial score (nSPS) is 19.4. The van der Waals surface area contributed by atoms with E-state index in [0.29, 0.717) is 23.7 Å². The van der Waals surface area contributed by atoms with Gasteiger partial charge in [0.1, 0.15) is 0 Å². The van der Waals surface area contributed by atoms with E-state index in [0.717, 1.165) is 22.5 Å². The van der Waals surface area contributed by atoms with Gasteiger partial charge in [0, 0.05) is 29.4 Å². The summed E-state index contributed by atoms with van der Waals surface area (Å²) < 4.78 is 0. The Morgan fingerprint density at radius 3 is 2.61 bits per heavy atom. The van der Waals surface area contributed by atoms with Crippen LogP contribution in [0.4, 0.5) is 11.4 Å². The zero-order valence-corrected chi connectivity index (χ0v) is 17.4. The van der Waals surface area contributed by atoms with E-state index < -0.39 is 0 Å². The number of benzene rings is 3. The van der Waals surface area contributed by atoms with Gasteiger partial charge in [0.25, 0.3) is 5.91 Å². The molecule has 3 aromatic carbocycles. The van der Waals surface area contributed by atoms with Gasteiger partial charge in [-0.15, -0.1) is 0 Å². The first kappa shape index (κ1) is 19.6. The summed E-state index contributed by atoms with van der Waals surface area (Å²) in [5, 5.41) is 8.48. The molecule has 0 spiro atoms. The van der Waals surface area contributed by atoms with Gasteiger partial charge in [0.15, 0.2) is 0 Å². The Balaban J connectivity index is 1.37. The van der Waals surface area contributed by atoms with Gasteiger partial charge < -0.3 is 10.6 Å². The van der Waals surface area contributed by atoms with E-state index >= 15 is 0 Å². The minimum atomic E-state index is -0.259. The van der Waals surface area contributed by atoms with Crippen molar-refractivity contribution < 1.29 is 9.59 Å². The Morgan fingerprint density at radius 2 is 1.84 bits per heavy atom. The Labute approximate surface area is 185 Å². The number of hydrogen-bond acceptors (Lipinski definition) is 4. The molecule has 1 fully saturated rings. The number of carbonyl (C=O) groups excluding carboxylic acids is 2. The van der Waals surface area contributed by atoms with Crippen LogP contribution in [0.5, 0.6) is 0 Å². The summed E-state index contributed by atoms with van der Waals surface area (Å²) in [4.78, 5) is 25.8. The first-order chi connectivity index (χ1) is 15.1. The van der Waals surface area contributed by atoms with Gasteiger partial charge in [-0.05, 0) is 53.6 Å². The molecule has 0 aromatic heterocycles. The van der Waals surface area contributed by atoms with Crippen LogP contribution in [0.15, 0.2) is 72.8 Å². The number of anilines is 2. The second-order valence-electron chi connectivity index (χ2n) is 7.71. The van der Waals surface area contributed by atoms with Crippen LogP contribution in [-0.2, 0) is 11.3 Å². The standard InChI is InChI=1S/C24H21ClN4O2/c25-17-7-9-18(10-8-17)29-24(31)20-14-26-21-11-6-16(12-19(21)22(20)28-29)23(30)27-13-15-4-2-1-3-5-15/h1-12,20,22,26,28H,13-14H2,(H,27,30). The largest absolute Gasteiger partial charge is 0.384 e. The highest BCUT2D eigenvalue weighted by atomic mass is 35.5. The summed E-state index contributed by atoms with van der Waals surface area (Å²) >= 11 is 5.98. The second-order valence-corrected chi connectivity index (χ2v) is 8.15. The summed E-state index contributed by atoms with van der Waals surface area (Å²) in [7, 11) is 0. The van der Waals surface area contributed by atoms with E-state index in [4.69, 9.17) is 11.6 Å². The highest BCUT2D eigenvalue weighted by Gasteiger charge is 2.44. The molecule has 0 saturated carbocycles. The van der Waals surface area contributed by atoms with E-state index in [9.17, 15) is 9.59 Å². The summed E-state index contributed by atoms with van der Waals surface area (Å²) in [6.07, 6.45) is 0. The topological polar surface area (TPSA) is 73.5 Å². The first-order valence-corrected chi connectivity index (χ1v) is 10.5. The maximum atomic E-state index is 13.0. The third-order valence-corrected chi connectivity index (χ3v) is 6.00. The molecule has 7 heteroatoms. The number of hydrazine groups is 1. The maximum absolute atomic E-state index is 13.0. The minimum Gasteiger partial charge on any atom is -0.384 e. The molecule has 2 heterocycles. The van der Waals surface area contributed by atoms with E-state index in [-0.39, 0.29) is 23.8 Å². The molecule has 5 rings (SSSR count). The number of carbonyl (C=O) groups is 2. The average Bonchev–Trinajstić information content (AvgIpc) is 3.15. The molecule has 2 amide bonds. The maximum Gasteiger partial charge on any atom is 0.251 e. The zero-order chi connectivity index (χ0) is 21.4. The van der Waals surface area contributed by atoms with Gasteiger partial charge in [-0.3, -0.25) is 9.59 Å². The fraction of sp³-hybridized carbons (Fsp3) is 0.167. The van der Waals surface area contributed by atoms with Crippen molar-refractivity contribution >= 4 is 34.8 Å². The van der Waals surface area contributed by atoms with Crippen molar-refractivity contribution in [1.29, 1.82) is 0 Å². The van der Waals surface area contributed by atoms with Crippen molar-refractivity contribution in [2.45, 2.75) is 12.6 Å². The van der Waals surface area contributed by atoms with E-state index in [1.54, 1.807) is 23.2 Å². The minimum absolute atomic E-state index is 0.00981. The SMILES string of the molecule is O=C(NCc1ccccc1)c1ccc2c(c1)C1NN(c3ccc(Cl)cc3)C(=O)C1CN2. The lowest BCUT2D eigenvalue weighted by Gasteiger charge is -2.27. The number of halogens is 1. The molecule has 3 aromatic rings. The molecule has 2 aliphatic heterocycles. The molecule has 0 bridgehead atoms.